The second kappa shape index (κ2) is 7.41. The maximum atomic E-state index is 14.0. The lowest BCUT2D eigenvalue weighted by Crippen LogP contribution is -2.68. The Morgan fingerprint density at radius 1 is 1.24 bits per heavy atom. The number of thiazole rings is 1. The smallest absolute Gasteiger partial charge is 0.296 e. The zero-order valence-corrected chi connectivity index (χ0v) is 19.6. The molecule has 1 aromatic carbocycles. The fourth-order valence-electron chi connectivity index (χ4n) is 4.91. The average molecular weight is 502 g/mol. The van der Waals surface area contributed by atoms with Gasteiger partial charge < -0.3 is 9.64 Å². The third kappa shape index (κ3) is 3.62. The highest BCUT2D eigenvalue weighted by Gasteiger charge is 2.58. The Labute approximate surface area is 193 Å². The third-order valence-electron chi connectivity index (χ3n) is 6.55. The summed E-state index contributed by atoms with van der Waals surface area (Å²) < 4.78 is 73.7. The van der Waals surface area contributed by atoms with Gasteiger partial charge >= 0.3 is 0 Å². The van der Waals surface area contributed by atoms with Gasteiger partial charge in [-0.05, 0) is 31.9 Å². The second-order valence-corrected chi connectivity index (χ2v) is 12.1. The predicted octanol–water partition coefficient (Wildman–Crippen LogP) is 3.47. The molecule has 0 N–H and O–H groups in total. The zero-order valence-electron chi connectivity index (χ0n) is 17.9. The molecule has 1 saturated heterocycles. The van der Waals surface area contributed by atoms with Crippen molar-refractivity contribution in [2.45, 2.75) is 49.6 Å². The van der Waals surface area contributed by atoms with Gasteiger partial charge in [-0.1, -0.05) is 12.1 Å². The van der Waals surface area contributed by atoms with Crippen molar-refractivity contribution in [2.75, 3.05) is 19.7 Å². The highest BCUT2D eigenvalue weighted by molar-refractivity contribution is 7.89. The largest absolute Gasteiger partial charge is 0.474 e. The molecule has 1 spiro atoms. The van der Waals surface area contributed by atoms with Gasteiger partial charge in [0.15, 0.2) is 9.88 Å². The van der Waals surface area contributed by atoms with Crippen LogP contribution in [0.4, 0.5) is 13.2 Å². The van der Waals surface area contributed by atoms with Crippen molar-refractivity contribution in [3.8, 4) is 5.88 Å². The van der Waals surface area contributed by atoms with Crippen LogP contribution < -0.4 is 4.74 Å². The Kier molecular flexibility index (Phi) is 5.07. The topological polar surface area (TPSA) is 79.8 Å². The number of carbonyl (C=O) groups is 1. The number of fused-ring (bicyclic) bond motifs is 1. The van der Waals surface area contributed by atoms with Crippen molar-refractivity contribution < 1.29 is 31.1 Å². The van der Waals surface area contributed by atoms with Crippen LogP contribution in [0.2, 0.25) is 0 Å². The zero-order chi connectivity index (χ0) is 23.8. The summed E-state index contributed by atoms with van der Waals surface area (Å²) in [5.41, 5.74) is -0.270. The van der Waals surface area contributed by atoms with Gasteiger partial charge in [-0.2, -0.15) is 18.1 Å². The first-order chi connectivity index (χ1) is 15.4. The summed E-state index contributed by atoms with van der Waals surface area (Å²) in [6.07, 6.45) is 1.16. The number of carbonyl (C=O) groups excluding carboxylic acids is 1. The first kappa shape index (κ1) is 22.6. The van der Waals surface area contributed by atoms with Crippen LogP contribution in [0.5, 0.6) is 5.88 Å². The summed E-state index contributed by atoms with van der Waals surface area (Å²) in [6.45, 7) is 3.19. The molecule has 1 amide bonds. The molecule has 2 fully saturated rings. The number of alkyl halides is 2. The van der Waals surface area contributed by atoms with Crippen molar-refractivity contribution >= 4 is 27.3 Å². The Morgan fingerprint density at radius 2 is 1.91 bits per heavy atom. The molecule has 1 saturated carbocycles. The molecule has 12 heteroatoms. The van der Waals surface area contributed by atoms with E-state index in [9.17, 15) is 26.4 Å². The van der Waals surface area contributed by atoms with Gasteiger partial charge in [0.25, 0.3) is 11.8 Å². The summed E-state index contributed by atoms with van der Waals surface area (Å²) in [4.78, 5) is 18.4. The molecule has 0 bridgehead atoms. The molecular formula is C21H22F3N3O4S2. The van der Waals surface area contributed by atoms with Crippen LogP contribution in [0.25, 0.3) is 0 Å². The molecule has 2 aromatic rings. The quantitative estimate of drug-likeness (QED) is 0.641. The maximum absolute atomic E-state index is 14.0. The van der Waals surface area contributed by atoms with Crippen molar-refractivity contribution in [1.29, 1.82) is 0 Å². The Hall–Kier alpha value is -2.18. The third-order valence-corrected chi connectivity index (χ3v) is 9.57. The molecular weight excluding hydrogens is 479 g/mol. The van der Waals surface area contributed by atoms with E-state index in [0.29, 0.717) is 24.2 Å². The van der Waals surface area contributed by atoms with Crippen molar-refractivity contribution in [3.63, 3.8) is 0 Å². The fourth-order valence-corrected chi connectivity index (χ4v) is 7.53. The first-order valence-corrected chi connectivity index (χ1v) is 12.8. The van der Waals surface area contributed by atoms with Crippen molar-refractivity contribution in [1.82, 2.24) is 14.2 Å². The standard InChI is InChI=1S/C21H22F3N3O4S2/c1-12-9-31-17-16(32-19(25-17)20(2,23)24)18(28)27(12)13-7-21(8-13)10-26(11-21)33(29,30)15-6-4-3-5-14(15)22/h3-6,12-13H,7-11H2,1-2H3/t12-/m1/s1. The van der Waals surface area contributed by atoms with Crippen LogP contribution in [0.3, 0.4) is 0 Å². The highest BCUT2D eigenvalue weighted by atomic mass is 32.2. The number of sulfonamides is 1. The SMILES string of the molecule is C[C@@H]1COc2nc(C(C)(F)F)sc2C(=O)N1C1CC2(C1)CN(S(=O)(=O)c1ccccc1F)C2. The Balaban J connectivity index is 1.29. The van der Waals surface area contributed by atoms with Gasteiger partial charge in [-0.15, -0.1) is 11.3 Å². The lowest BCUT2D eigenvalue weighted by molar-refractivity contribution is -0.0755. The van der Waals surface area contributed by atoms with Crippen LogP contribution >= 0.6 is 11.3 Å². The molecule has 178 valence electrons. The van der Waals surface area contributed by atoms with Crippen LogP contribution in [0.15, 0.2) is 29.2 Å². The summed E-state index contributed by atoms with van der Waals surface area (Å²) in [5.74, 6) is -4.41. The van der Waals surface area contributed by atoms with E-state index in [2.05, 4.69) is 4.98 Å². The van der Waals surface area contributed by atoms with Crippen molar-refractivity contribution in [2.24, 2.45) is 5.41 Å². The fraction of sp³-hybridized carbons (Fsp3) is 0.524. The minimum Gasteiger partial charge on any atom is -0.474 e. The molecule has 5 rings (SSSR count). The van der Waals surface area contributed by atoms with Crippen LogP contribution in [0, 0.1) is 11.2 Å². The van der Waals surface area contributed by atoms with Gasteiger partial charge in [0.2, 0.25) is 15.9 Å². The number of benzene rings is 1. The molecule has 3 heterocycles. The minimum absolute atomic E-state index is 0.0595. The number of hydrogen-bond acceptors (Lipinski definition) is 6. The number of nitrogens with zero attached hydrogens (tertiary/aromatic N) is 3. The molecule has 0 radical (unpaired) electrons. The minimum atomic E-state index is -3.92. The Bertz CT molecular complexity index is 1210. The monoisotopic (exact) mass is 501 g/mol. The number of aromatic nitrogens is 1. The van der Waals surface area contributed by atoms with E-state index in [1.54, 1.807) is 4.90 Å². The van der Waals surface area contributed by atoms with E-state index < -0.39 is 32.7 Å². The van der Waals surface area contributed by atoms with Crippen molar-refractivity contribution in [3.05, 3.63) is 40.0 Å². The number of ether oxygens (including phenoxy) is 1. The van der Waals surface area contributed by atoms with E-state index >= 15 is 0 Å². The van der Waals surface area contributed by atoms with Gasteiger partial charge in [0, 0.05) is 31.5 Å². The summed E-state index contributed by atoms with van der Waals surface area (Å²) in [5, 5.41) is -0.464. The van der Waals surface area contributed by atoms with Gasteiger partial charge in [0.05, 0.1) is 6.04 Å². The van der Waals surface area contributed by atoms with Crippen LogP contribution in [0.1, 0.15) is 41.4 Å². The second-order valence-electron chi connectivity index (χ2n) is 9.18. The summed E-state index contributed by atoms with van der Waals surface area (Å²) >= 11 is 0.643. The Morgan fingerprint density at radius 3 is 2.55 bits per heavy atom. The average Bonchev–Trinajstić information content (AvgIpc) is 3.07. The van der Waals surface area contributed by atoms with E-state index in [-0.39, 0.29) is 52.8 Å². The lowest BCUT2D eigenvalue weighted by Gasteiger charge is -2.60. The number of rotatable bonds is 4. The van der Waals surface area contributed by atoms with Gasteiger partial charge in [0.1, 0.15) is 17.3 Å². The predicted molar refractivity (Wildman–Crippen MR) is 113 cm³/mol. The molecule has 2 aliphatic heterocycles. The molecule has 7 nitrogen and oxygen atoms in total. The van der Waals surface area contributed by atoms with E-state index in [1.165, 1.54) is 22.5 Å². The lowest BCUT2D eigenvalue weighted by atomic mass is 9.61. The molecule has 1 atom stereocenters. The first-order valence-electron chi connectivity index (χ1n) is 10.5. The normalized spacial score (nSPS) is 23.5. The highest BCUT2D eigenvalue weighted by Crippen LogP contribution is 2.53. The molecule has 0 unspecified atom stereocenters. The van der Waals surface area contributed by atoms with Gasteiger partial charge in [-0.3, -0.25) is 4.79 Å². The van der Waals surface area contributed by atoms with Crippen LogP contribution in [-0.4, -0.2) is 60.3 Å². The summed E-state index contributed by atoms with van der Waals surface area (Å²) in [6, 6.07) is 4.83. The van der Waals surface area contributed by atoms with E-state index in [1.807, 2.05) is 6.92 Å². The summed E-state index contributed by atoms with van der Waals surface area (Å²) in [7, 11) is -3.92. The maximum Gasteiger partial charge on any atom is 0.296 e. The number of halogens is 3. The van der Waals surface area contributed by atoms with E-state index in [4.69, 9.17) is 4.74 Å². The molecule has 3 aliphatic rings. The molecule has 1 aliphatic carbocycles. The van der Waals surface area contributed by atoms with Crippen LogP contribution in [-0.2, 0) is 15.9 Å². The van der Waals surface area contributed by atoms with Gasteiger partial charge in [-0.25, -0.2) is 12.8 Å². The van der Waals surface area contributed by atoms with E-state index in [0.717, 1.165) is 13.0 Å². The molecule has 33 heavy (non-hydrogen) atoms. The number of hydrogen-bond donors (Lipinski definition) is 0. The molecule has 1 aromatic heterocycles. The number of amides is 1.